The molecule has 1 aromatic heterocycles. The van der Waals surface area contributed by atoms with Crippen LogP contribution in [0.25, 0.3) is 11.3 Å². The van der Waals surface area contributed by atoms with Crippen LogP contribution in [0.3, 0.4) is 0 Å². The van der Waals surface area contributed by atoms with Crippen LogP contribution in [0.5, 0.6) is 0 Å². The van der Waals surface area contributed by atoms with Crippen molar-refractivity contribution in [2.24, 2.45) is 0 Å². The fourth-order valence-electron chi connectivity index (χ4n) is 2.38. The molecule has 0 spiro atoms. The summed E-state index contributed by atoms with van der Waals surface area (Å²) >= 11 is 3.55. The number of anilines is 1. The first-order chi connectivity index (χ1) is 9.84. The summed E-state index contributed by atoms with van der Waals surface area (Å²) in [6, 6.07) is 12.2. The van der Waals surface area contributed by atoms with Gasteiger partial charge in [-0.05, 0) is 31.2 Å². The molecule has 5 heteroatoms. The number of hydrogen-bond donors (Lipinski definition) is 1. The largest absolute Gasteiger partial charge is 0.354 e. The molecule has 2 aromatic rings. The maximum Gasteiger partial charge on any atom is 0.151 e. The highest BCUT2D eigenvalue weighted by atomic mass is 79.9. The number of hydrogen-bond acceptors (Lipinski definition) is 4. The number of rotatable bonds is 2. The number of halogens is 1. The zero-order chi connectivity index (χ0) is 13.8. The molecule has 0 saturated carbocycles. The Kier molecular flexibility index (Phi) is 4.28. The Labute approximate surface area is 127 Å². The first-order valence-corrected chi connectivity index (χ1v) is 7.68. The van der Waals surface area contributed by atoms with E-state index in [2.05, 4.69) is 42.4 Å². The third kappa shape index (κ3) is 2.99. The lowest BCUT2D eigenvalue weighted by Crippen LogP contribution is -2.28. The lowest BCUT2D eigenvalue weighted by molar-refractivity contribution is 0.724. The standard InChI is InChI=1S/C15H17BrN4/c16-13-5-2-1-4-12(13)14-6-7-15(19-18-14)20-10-3-8-17-9-11-20/h1-2,4-7,17H,3,8-11H2. The van der Waals surface area contributed by atoms with Crippen LogP contribution in [0.4, 0.5) is 5.82 Å². The van der Waals surface area contributed by atoms with Gasteiger partial charge in [0, 0.05) is 29.7 Å². The van der Waals surface area contributed by atoms with Gasteiger partial charge in [-0.15, -0.1) is 10.2 Å². The maximum atomic E-state index is 4.39. The molecule has 0 amide bonds. The van der Waals surface area contributed by atoms with Gasteiger partial charge < -0.3 is 10.2 Å². The van der Waals surface area contributed by atoms with Gasteiger partial charge in [-0.2, -0.15) is 0 Å². The lowest BCUT2D eigenvalue weighted by atomic mass is 10.1. The fraction of sp³-hybridized carbons (Fsp3) is 0.333. The van der Waals surface area contributed by atoms with Gasteiger partial charge in [-0.3, -0.25) is 0 Å². The summed E-state index contributed by atoms with van der Waals surface area (Å²) in [6.07, 6.45) is 1.15. The molecule has 0 bridgehead atoms. The van der Waals surface area contributed by atoms with Crippen molar-refractivity contribution in [3.63, 3.8) is 0 Å². The van der Waals surface area contributed by atoms with E-state index in [4.69, 9.17) is 0 Å². The van der Waals surface area contributed by atoms with Crippen molar-refractivity contribution < 1.29 is 0 Å². The molecule has 0 radical (unpaired) electrons. The highest BCUT2D eigenvalue weighted by Crippen LogP contribution is 2.26. The predicted molar refractivity (Wildman–Crippen MR) is 84.9 cm³/mol. The van der Waals surface area contributed by atoms with Crippen LogP contribution in [0, 0.1) is 0 Å². The molecule has 1 aliphatic rings. The highest BCUT2D eigenvalue weighted by Gasteiger charge is 2.12. The molecule has 1 aliphatic heterocycles. The average molecular weight is 333 g/mol. The quantitative estimate of drug-likeness (QED) is 0.918. The van der Waals surface area contributed by atoms with Gasteiger partial charge in [0.15, 0.2) is 5.82 Å². The van der Waals surface area contributed by atoms with Gasteiger partial charge in [0.1, 0.15) is 0 Å². The van der Waals surface area contributed by atoms with Gasteiger partial charge in [-0.25, -0.2) is 0 Å². The van der Waals surface area contributed by atoms with Crippen LogP contribution in [0.1, 0.15) is 6.42 Å². The first kappa shape index (κ1) is 13.5. The van der Waals surface area contributed by atoms with E-state index in [1.807, 2.05) is 30.3 Å². The number of aromatic nitrogens is 2. The minimum absolute atomic E-state index is 0.897. The van der Waals surface area contributed by atoms with E-state index in [-0.39, 0.29) is 0 Å². The number of benzene rings is 1. The molecule has 20 heavy (non-hydrogen) atoms. The van der Waals surface area contributed by atoms with Gasteiger partial charge in [0.2, 0.25) is 0 Å². The summed E-state index contributed by atoms with van der Waals surface area (Å²) < 4.78 is 1.04. The maximum absolute atomic E-state index is 4.39. The molecule has 1 saturated heterocycles. The highest BCUT2D eigenvalue weighted by molar-refractivity contribution is 9.10. The third-order valence-corrected chi connectivity index (χ3v) is 4.16. The zero-order valence-electron chi connectivity index (χ0n) is 11.2. The Morgan fingerprint density at radius 3 is 2.70 bits per heavy atom. The van der Waals surface area contributed by atoms with Crippen molar-refractivity contribution in [3.05, 3.63) is 40.9 Å². The van der Waals surface area contributed by atoms with Gasteiger partial charge >= 0.3 is 0 Å². The molecule has 104 valence electrons. The van der Waals surface area contributed by atoms with E-state index in [0.29, 0.717) is 0 Å². The Hall–Kier alpha value is -1.46. The summed E-state index contributed by atoms with van der Waals surface area (Å²) in [7, 11) is 0. The van der Waals surface area contributed by atoms with Crippen molar-refractivity contribution in [2.45, 2.75) is 6.42 Å². The molecule has 1 fully saturated rings. The number of nitrogens with zero attached hydrogens (tertiary/aromatic N) is 3. The smallest absolute Gasteiger partial charge is 0.151 e. The van der Waals surface area contributed by atoms with E-state index in [0.717, 1.165) is 54.1 Å². The molecule has 3 rings (SSSR count). The van der Waals surface area contributed by atoms with Crippen LogP contribution >= 0.6 is 15.9 Å². The van der Waals surface area contributed by atoms with E-state index in [9.17, 15) is 0 Å². The third-order valence-electron chi connectivity index (χ3n) is 3.46. The van der Waals surface area contributed by atoms with Crippen molar-refractivity contribution >= 4 is 21.7 Å². The summed E-state index contributed by atoms with van der Waals surface area (Å²) in [5.41, 5.74) is 1.97. The van der Waals surface area contributed by atoms with Crippen molar-refractivity contribution in [3.8, 4) is 11.3 Å². The topological polar surface area (TPSA) is 41.0 Å². The summed E-state index contributed by atoms with van der Waals surface area (Å²) in [4.78, 5) is 2.29. The minimum atomic E-state index is 0.897. The second-order valence-corrected chi connectivity index (χ2v) is 5.70. The molecule has 4 nitrogen and oxygen atoms in total. The Morgan fingerprint density at radius 1 is 1.00 bits per heavy atom. The van der Waals surface area contributed by atoms with Gasteiger partial charge in [0.25, 0.3) is 0 Å². The van der Waals surface area contributed by atoms with Crippen molar-refractivity contribution in [2.75, 3.05) is 31.1 Å². The van der Waals surface area contributed by atoms with E-state index >= 15 is 0 Å². The normalized spacial score (nSPS) is 15.9. The average Bonchev–Trinajstić information content (AvgIpc) is 2.77. The van der Waals surface area contributed by atoms with Crippen molar-refractivity contribution in [1.29, 1.82) is 0 Å². The zero-order valence-corrected chi connectivity index (χ0v) is 12.8. The molecular formula is C15H17BrN4. The fourth-order valence-corrected chi connectivity index (χ4v) is 2.87. The van der Waals surface area contributed by atoms with E-state index in [1.165, 1.54) is 0 Å². The minimum Gasteiger partial charge on any atom is -0.354 e. The number of nitrogens with one attached hydrogen (secondary N) is 1. The summed E-state index contributed by atoms with van der Waals surface area (Å²) in [5, 5.41) is 12.2. The SMILES string of the molecule is Brc1ccccc1-c1ccc(N2CCCNCC2)nn1. The lowest BCUT2D eigenvalue weighted by Gasteiger charge is -2.20. The van der Waals surface area contributed by atoms with Crippen LogP contribution in [-0.4, -0.2) is 36.4 Å². The second-order valence-electron chi connectivity index (χ2n) is 4.85. The molecule has 1 N–H and O–H groups in total. The molecule has 2 heterocycles. The van der Waals surface area contributed by atoms with Gasteiger partial charge in [0.05, 0.1) is 5.69 Å². The molecule has 0 unspecified atom stereocenters. The molecule has 1 aromatic carbocycles. The monoisotopic (exact) mass is 332 g/mol. The van der Waals surface area contributed by atoms with Crippen LogP contribution in [-0.2, 0) is 0 Å². The Morgan fingerprint density at radius 2 is 1.90 bits per heavy atom. The molecule has 0 atom stereocenters. The molecule has 0 aliphatic carbocycles. The Balaban J connectivity index is 1.82. The Bertz CT molecular complexity index is 562. The van der Waals surface area contributed by atoms with Crippen LogP contribution < -0.4 is 10.2 Å². The summed E-state index contributed by atoms with van der Waals surface area (Å²) in [6.45, 7) is 4.12. The second kappa shape index (κ2) is 6.33. The van der Waals surface area contributed by atoms with Crippen LogP contribution in [0.2, 0.25) is 0 Å². The van der Waals surface area contributed by atoms with Crippen LogP contribution in [0.15, 0.2) is 40.9 Å². The van der Waals surface area contributed by atoms with E-state index in [1.54, 1.807) is 0 Å². The van der Waals surface area contributed by atoms with E-state index < -0.39 is 0 Å². The predicted octanol–water partition coefficient (Wildman–Crippen LogP) is 2.71. The van der Waals surface area contributed by atoms with Gasteiger partial charge in [-0.1, -0.05) is 34.1 Å². The molecular weight excluding hydrogens is 316 g/mol. The van der Waals surface area contributed by atoms with Crippen molar-refractivity contribution in [1.82, 2.24) is 15.5 Å². The summed E-state index contributed by atoms with van der Waals surface area (Å²) in [5.74, 6) is 0.963. The first-order valence-electron chi connectivity index (χ1n) is 6.89.